The first kappa shape index (κ1) is 17.5. The lowest BCUT2D eigenvalue weighted by Crippen LogP contribution is -2.41. The van der Waals surface area contributed by atoms with E-state index in [0.29, 0.717) is 11.6 Å². The van der Waals surface area contributed by atoms with Gasteiger partial charge in [0.15, 0.2) is 5.82 Å². The summed E-state index contributed by atoms with van der Waals surface area (Å²) in [4.78, 5) is 13.0. The number of anilines is 1. The number of hydrogen-bond acceptors (Lipinski definition) is 5. The SMILES string of the molecule is CCc1nnc2n1N[C@H](c1ccccc1)[C@H](C(=O)Nc1ccccc1F)S2. The summed E-state index contributed by atoms with van der Waals surface area (Å²) in [6.07, 6.45) is 0.716. The Morgan fingerprint density at radius 2 is 1.93 bits per heavy atom. The smallest absolute Gasteiger partial charge is 0.240 e. The van der Waals surface area contributed by atoms with Crippen LogP contribution in [-0.2, 0) is 11.2 Å². The van der Waals surface area contributed by atoms with Crippen molar-refractivity contribution in [3.63, 3.8) is 0 Å². The van der Waals surface area contributed by atoms with Crippen molar-refractivity contribution in [2.75, 3.05) is 10.7 Å². The van der Waals surface area contributed by atoms with Crippen molar-refractivity contribution in [1.82, 2.24) is 14.9 Å². The number of halogens is 1. The molecule has 1 aliphatic rings. The van der Waals surface area contributed by atoms with Gasteiger partial charge in [-0.15, -0.1) is 10.2 Å². The monoisotopic (exact) mass is 383 g/mol. The van der Waals surface area contributed by atoms with Crippen molar-refractivity contribution in [3.05, 3.63) is 71.8 Å². The van der Waals surface area contributed by atoms with Crippen LogP contribution in [0.4, 0.5) is 10.1 Å². The molecule has 0 saturated carbocycles. The molecule has 0 spiro atoms. The summed E-state index contributed by atoms with van der Waals surface area (Å²) in [6, 6.07) is 15.5. The Morgan fingerprint density at radius 3 is 2.67 bits per heavy atom. The number of thioether (sulfide) groups is 1. The number of para-hydroxylation sites is 1. The highest BCUT2D eigenvalue weighted by molar-refractivity contribution is 8.00. The number of nitrogens with one attached hydrogen (secondary N) is 2. The minimum Gasteiger partial charge on any atom is -0.323 e. The van der Waals surface area contributed by atoms with Gasteiger partial charge >= 0.3 is 0 Å². The molecule has 0 bridgehead atoms. The van der Waals surface area contributed by atoms with Crippen LogP contribution in [-0.4, -0.2) is 26.0 Å². The highest BCUT2D eigenvalue weighted by Crippen LogP contribution is 2.37. The fourth-order valence-corrected chi connectivity index (χ4v) is 4.10. The van der Waals surface area contributed by atoms with Gasteiger partial charge < -0.3 is 10.7 Å². The Kier molecular flexibility index (Phi) is 4.81. The molecule has 0 saturated heterocycles. The molecular weight excluding hydrogens is 365 g/mol. The lowest BCUT2D eigenvalue weighted by atomic mass is 10.0. The minimum atomic E-state index is -0.534. The quantitative estimate of drug-likeness (QED) is 0.723. The summed E-state index contributed by atoms with van der Waals surface area (Å²) in [6.45, 7) is 2.00. The highest BCUT2D eigenvalue weighted by atomic mass is 32.2. The molecule has 6 nitrogen and oxygen atoms in total. The molecule has 2 N–H and O–H groups in total. The molecule has 3 aromatic rings. The third kappa shape index (κ3) is 3.40. The van der Waals surface area contributed by atoms with Crippen LogP contribution >= 0.6 is 11.8 Å². The molecule has 1 amide bonds. The molecule has 8 heteroatoms. The normalized spacial score (nSPS) is 18.4. The molecule has 138 valence electrons. The maximum absolute atomic E-state index is 14.0. The van der Waals surface area contributed by atoms with Gasteiger partial charge in [0.25, 0.3) is 0 Å². The second kappa shape index (κ2) is 7.40. The molecule has 0 unspecified atom stereocenters. The summed E-state index contributed by atoms with van der Waals surface area (Å²) < 4.78 is 15.8. The number of carbonyl (C=O) groups excluding carboxylic acids is 1. The molecule has 0 aliphatic carbocycles. The summed E-state index contributed by atoms with van der Waals surface area (Å²) >= 11 is 1.32. The summed E-state index contributed by atoms with van der Waals surface area (Å²) in [5, 5.41) is 11.1. The molecule has 2 aromatic carbocycles. The van der Waals surface area contributed by atoms with E-state index in [1.807, 2.05) is 41.9 Å². The van der Waals surface area contributed by atoms with Crippen molar-refractivity contribution >= 4 is 23.4 Å². The number of fused-ring (bicyclic) bond motifs is 1. The molecule has 1 aliphatic heterocycles. The Bertz CT molecular complexity index is 962. The Morgan fingerprint density at radius 1 is 1.19 bits per heavy atom. The third-order valence-electron chi connectivity index (χ3n) is 4.37. The average Bonchev–Trinajstić information content (AvgIpc) is 3.11. The van der Waals surface area contributed by atoms with Gasteiger partial charge in [-0.2, -0.15) is 0 Å². The van der Waals surface area contributed by atoms with Crippen LogP contribution < -0.4 is 10.7 Å². The molecule has 4 rings (SSSR count). The van der Waals surface area contributed by atoms with E-state index in [9.17, 15) is 9.18 Å². The standard InChI is InChI=1S/C19H18FN5OS/c1-2-15-22-23-19-25(15)24-16(12-8-4-3-5-9-12)17(27-19)18(26)21-14-11-7-6-10-13(14)20/h3-11,16-17,24H,2H2,1H3,(H,21,26)/t16-,17-/m1/s1. The van der Waals surface area contributed by atoms with Crippen molar-refractivity contribution in [1.29, 1.82) is 0 Å². The maximum atomic E-state index is 14.0. The number of benzene rings is 2. The highest BCUT2D eigenvalue weighted by Gasteiger charge is 2.37. The topological polar surface area (TPSA) is 71.8 Å². The zero-order valence-electron chi connectivity index (χ0n) is 14.6. The molecule has 27 heavy (non-hydrogen) atoms. The summed E-state index contributed by atoms with van der Waals surface area (Å²) in [5.74, 6) is 0.0393. The Labute approximate surface area is 160 Å². The molecular formula is C19H18FN5OS. The third-order valence-corrected chi connectivity index (χ3v) is 5.58. The van der Waals surface area contributed by atoms with Gasteiger partial charge in [-0.1, -0.05) is 61.2 Å². The van der Waals surface area contributed by atoms with Gasteiger partial charge in [-0.3, -0.25) is 4.79 Å². The second-order valence-electron chi connectivity index (χ2n) is 6.11. The van der Waals surface area contributed by atoms with E-state index in [1.54, 1.807) is 18.2 Å². The number of nitrogens with zero attached hydrogens (tertiary/aromatic N) is 3. The van der Waals surface area contributed by atoms with Gasteiger partial charge in [0.05, 0.1) is 11.7 Å². The summed E-state index contributed by atoms with van der Waals surface area (Å²) in [5.41, 5.74) is 4.48. The van der Waals surface area contributed by atoms with E-state index in [0.717, 1.165) is 11.4 Å². The number of rotatable bonds is 4. The average molecular weight is 383 g/mol. The first-order valence-corrected chi connectivity index (χ1v) is 9.53. The van der Waals surface area contributed by atoms with Crippen LogP contribution in [0.1, 0.15) is 24.4 Å². The van der Waals surface area contributed by atoms with Gasteiger partial charge in [-0.25, -0.2) is 9.07 Å². The first-order valence-electron chi connectivity index (χ1n) is 8.65. The van der Waals surface area contributed by atoms with Crippen LogP contribution in [0, 0.1) is 5.82 Å². The van der Waals surface area contributed by atoms with E-state index in [2.05, 4.69) is 20.9 Å². The Hall–Kier alpha value is -2.87. The summed E-state index contributed by atoms with van der Waals surface area (Å²) in [7, 11) is 0. The predicted molar refractivity (Wildman–Crippen MR) is 103 cm³/mol. The number of amides is 1. The minimum absolute atomic E-state index is 0.163. The number of aromatic nitrogens is 3. The van der Waals surface area contributed by atoms with Gasteiger partial charge in [0, 0.05) is 6.42 Å². The number of aryl methyl sites for hydroxylation is 1. The Balaban J connectivity index is 1.68. The van der Waals surface area contributed by atoms with Crippen LogP contribution in [0.5, 0.6) is 0 Å². The van der Waals surface area contributed by atoms with Crippen molar-refractivity contribution in [2.45, 2.75) is 29.8 Å². The van der Waals surface area contributed by atoms with Crippen LogP contribution in [0.15, 0.2) is 59.8 Å². The zero-order valence-corrected chi connectivity index (χ0v) is 15.4. The van der Waals surface area contributed by atoms with E-state index in [1.165, 1.54) is 17.8 Å². The zero-order chi connectivity index (χ0) is 18.8. The number of hydrogen-bond donors (Lipinski definition) is 2. The van der Waals surface area contributed by atoms with E-state index >= 15 is 0 Å². The fraction of sp³-hybridized carbons (Fsp3) is 0.211. The molecule has 0 fully saturated rings. The van der Waals surface area contributed by atoms with E-state index in [-0.39, 0.29) is 17.6 Å². The second-order valence-corrected chi connectivity index (χ2v) is 7.22. The number of carbonyl (C=O) groups is 1. The van der Waals surface area contributed by atoms with Crippen molar-refractivity contribution < 1.29 is 9.18 Å². The fourth-order valence-electron chi connectivity index (χ4n) is 3.00. The molecule has 1 aromatic heterocycles. The van der Waals surface area contributed by atoms with Gasteiger partial charge in [0.1, 0.15) is 11.1 Å². The van der Waals surface area contributed by atoms with Crippen molar-refractivity contribution in [2.24, 2.45) is 0 Å². The maximum Gasteiger partial charge on any atom is 0.240 e. The molecule has 0 radical (unpaired) electrons. The lowest BCUT2D eigenvalue weighted by Gasteiger charge is -2.33. The molecule has 2 heterocycles. The van der Waals surface area contributed by atoms with Crippen LogP contribution in [0.25, 0.3) is 0 Å². The van der Waals surface area contributed by atoms with Crippen LogP contribution in [0.3, 0.4) is 0 Å². The van der Waals surface area contributed by atoms with Gasteiger partial charge in [0.2, 0.25) is 11.1 Å². The lowest BCUT2D eigenvalue weighted by molar-refractivity contribution is -0.116. The largest absolute Gasteiger partial charge is 0.323 e. The van der Waals surface area contributed by atoms with Gasteiger partial charge in [-0.05, 0) is 17.7 Å². The van der Waals surface area contributed by atoms with Crippen LogP contribution in [0.2, 0.25) is 0 Å². The van der Waals surface area contributed by atoms with Crippen molar-refractivity contribution in [3.8, 4) is 0 Å². The first-order chi connectivity index (χ1) is 13.2. The molecule has 2 atom stereocenters. The van der Waals surface area contributed by atoms with E-state index in [4.69, 9.17) is 0 Å². The van der Waals surface area contributed by atoms with E-state index < -0.39 is 11.1 Å². The predicted octanol–water partition coefficient (Wildman–Crippen LogP) is 3.38.